The van der Waals surface area contributed by atoms with E-state index in [4.69, 9.17) is 21.6 Å². The number of carbonyl (C=O) groups excluding carboxylic acids is 1. The van der Waals surface area contributed by atoms with Crippen molar-refractivity contribution in [3.05, 3.63) is 47.2 Å². The molecule has 3 N–H and O–H groups in total. The number of hydrogen-bond acceptors (Lipinski definition) is 7. The molecule has 9 nitrogen and oxygen atoms in total. The minimum absolute atomic E-state index is 0.0238. The first-order valence-electron chi connectivity index (χ1n) is 10.2. The van der Waals surface area contributed by atoms with E-state index in [0.717, 1.165) is 0 Å². The summed E-state index contributed by atoms with van der Waals surface area (Å²) in [4.78, 5) is 29.7. The van der Waals surface area contributed by atoms with Crippen LogP contribution in [-0.4, -0.2) is 65.3 Å². The lowest BCUT2D eigenvalue weighted by molar-refractivity contribution is -0.142. The molecule has 2 aliphatic rings. The van der Waals surface area contributed by atoms with Crippen LogP contribution in [0.3, 0.4) is 0 Å². The van der Waals surface area contributed by atoms with E-state index in [0.29, 0.717) is 48.1 Å². The average molecular weight is 456 g/mol. The lowest BCUT2D eigenvalue weighted by Crippen LogP contribution is -2.64. The molecule has 0 spiro atoms. The van der Waals surface area contributed by atoms with Crippen LogP contribution in [0.4, 0.5) is 0 Å². The molecule has 10 heteroatoms. The summed E-state index contributed by atoms with van der Waals surface area (Å²) < 4.78 is 5.96. The van der Waals surface area contributed by atoms with Crippen molar-refractivity contribution < 1.29 is 19.4 Å². The Hall–Kier alpha value is -3.19. The van der Waals surface area contributed by atoms with Crippen molar-refractivity contribution >= 4 is 23.5 Å². The molecule has 2 aromatic rings. The highest BCUT2D eigenvalue weighted by Crippen LogP contribution is 2.33. The zero-order valence-electron chi connectivity index (χ0n) is 17.1. The van der Waals surface area contributed by atoms with E-state index in [1.165, 1.54) is 12.3 Å². The SMILES string of the molecule is N#CC1CC2C(=O)N(CCOc3ccc(Cl)cc3-c3ccnc(C(=O)O)c3)CNC2CN1. The van der Waals surface area contributed by atoms with Crippen LogP contribution in [0.2, 0.25) is 5.02 Å². The fourth-order valence-electron chi connectivity index (χ4n) is 4.06. The van der Waals surface area contributed by atoms with Crippen LogP contribution in [0.25, 0.3) is 11.1 Å². The number of halogens is 1. The quantitative estimate of drug-likeness (QED) is 0.601. The molecule has 0 bridgehead atoms. The molecule has 3 unspecified atom stereocenters. The van der Waals surface area contributed by atoms with Gasteiger partial charge >= 0.3 is 5.97 Å². The molecule has 2 saturated heterocycles. The first-order chi connectivity index (χ1) is 15.5. The van der Waals surface area contributed by atoms with Crippen molar-refractivity contribution in [2.75, 3.05) is 26.4 Å². The third-order valence-electron chi connectivity index (χ3n) is 5.74. The van der Waals surface area contributed by atoms with Gasteiger partial charge in [0.25, 0.3) is 0 Å². The van der Waals surface area contributed by atoms with Crippen molar-refractivity contribution in [2.24, 2.45) is 5.92 Å². The number of nitrogens with one attached hydrogen (secondary N) is 2. The molecule has 1 amide bonds. The Kier molecular flexibility index (Phi) is 6.55. The first kappa shape index (κ1) is 22.0. The summed E-state index contributed by atoms with van der Waals surface area (Å²) in [6.45, 7) is 1.63. The summed E-state index contributed by atoms with van der Waals surface area (Å²) >= 11 is 6.16. The van der Waals surface area contributed by atoms with E-state index in [-0.39, 0.29) is 36.2 Å². The summed E-state index contributed by atoms with van der Waals surface area (Å²) in [6, 6.07) is 10.2. The van der Waals surface area contributed by atoms with Crippen molar-refractivity contribution in [1.82, 2.24) is 20.5 Å². The number of benzene rings is 1. The molecule has 3 atom stereocenters. The Bertz CT molecular complexity index is 1070. The molecular weight excluding hydrogens is 434 g/mol. The summed E-state index contributed by atoms with van der Waals surface area (Å²) in [5, 5.41) is 25.4. The van der Waals surface area contributed by atoms with E-state index >= 15 is 0 Å². The van der Waals surface area contributed by atoms with Gasteiger partial charge in [-0.1, -0.05) is 11.6 Å². The Morgan fingerprint density at radius 1 is 1.34 bits per heavy atom. The standard InChI is InChI=1S/C22H22ClN5O4/c23-14-1-2-20(16(8-14)13-3-4-25-18(7-13)22(30)31)32-6-5-28-12-27-19-11-26-15(10-24)9-17(19)21(28)29/h1-4,7-8,15,17,19,26-27H,5-6,9,11-12H2,(H,30,31). The van der Waals surface area contributed by atoms with E-state index in [1.54, 1.807) is 29.2 Å². The zero-order chi connectivity index (χ0) is 22.7. The third kappa shape index (κ3) is 4.67. The van der Waals surface area contributed by atoms with Gasteiger partial charge in [0.15, 0.2) is 0 Å². The highest BCUT2D eigenvalue weighted by atomic mass is 35.5. The monoisotopic (exact) mass is 455 g/mol. The van der Waals surface area contributed by atoms with Gasteiger partial charge in [-0.3, -0.25) is 10.1 Å². The molecule has 1 aromatic heterocycles. The lowest BCUT2D eigenvalue weighted by Gasteiger charge is -2.42. The van der Waals surface area contributed by atoms with Gasteiger partial charge in [-0.2, -0.15) is 5.26 Å². The van der Waals surface area contributed by atoms with Crippen molar-refractivity contribution in [3.63, 3.8) is 0 Å². The number of nitrogens with zero attached hydrogens (tertiary/aromatic N) is 3. The second-order valence-corrected chi connectivity index (χ2v) is 8.16. The number of fused-ring (bicyclic) bond motifs is 1. The number of aromatic carboxylic acids is 1. The fourth-order valence-corrected chi connectivity index (χ4v) is 4.23. The van der Waals surface area contributed by atoms with Crippen LogP contribution >= 0.6 is 11.6 Å². The smallest absolute Gasteiger partial charge is 0.354 e. The highest BCUT2D eigenvalue weighted by Gasteiger charge is 2.40. The average Bonchev–Trinajstić information content (AvgIpc) is 2.81. The van der Waals surface area contributed by atoms with E-state index in [1.807, 2.05) is 0 Å². The van der Waals surface area contributed by atoms with Gasteiger partial charge in [0, 0.05) is 29.4 Å². The van der Waals surface area contributed by atoms with Crippen LogP contribution in [-0.2, 0) is 4.79 Å². The van der Waals surface area contributed by atoms with Gasteiger partial charge in [-0.15, -0.1) is 0 Å². The predicted molar refractivity (Wildman–Crippen MR) is 116 cm³/mol. The molecule has 0 radical (unpaired) electrons. The molecule has 2 fully saturated rings. The maximum atomic E-state index is 12.9. The lowest BCUT2D eigenvalue weighted by atomic mass is 9.86. The maximum Gasteiger partial charge on any atom is 0.354 e. The number of amides is 1. The van der Waals surface area contributed by atoms with Gasteiger partial charge < -0.3 is 20.1 Å². The van der Waals surface area contributed by atoms with E-state index in [2.05, 4.69) is 21.7 Å². The van der Waals surface area contributed by atoms with Gasteiger partial charge in [0.1, 0.15) is 18.1 Å². The molecule has 2 aliphatic heterocycles. The maximum absolute atomic E-state index is 12.9. The van der Waals surface area contributed by atoms with Crippen molar-refractivity contribution in [2.45, 2.75) is 18.5 Å². The number of hydrogen-bond donors (Lipinski definition) is 3. The highest BCUT2D eigenvalue weighted by molar-refractivity contribution is 6.31. The van der Waals surface area contributed by atoms with Crippen LogP contribution in [0.5, 0.6) is 5.75 Å². The molecule has 4 rings (SSSR count). The third-order valence-corrected chi connectivity index (χ3v) is 5.97. The first-order valence-corrected chi connectivity index (χ1v) is 10.6. The Morgan fingerprint density at radius 2 is 2.19 bits per heavy atom. The number of nitriles is 1. The summed E-state index contributed by atoms with van der Waals surface area (Å²) in [5.74, 6) is -0.802. The summed E-state index contributed by atoms with van der Waals surface area (Å²) in [5.41, 5.74) is 1.18. The van der Waals surface area contributed by atoms with Gasteiger partial charge in [-0.05, 0) is 42.3 Å². The predicted octanol–water partition coefficient (Wildman–Crippen LogP) is 1.74. The van der Waals surface area contributed by atoms with Crippen LogP contribution in [0.1, 0.15) is 16.9 Å². The molecule has 32 heavy (non-hydrogen) atoms. The largest absolute Gasteiger partial charge is 0.491 e. The van der Waals surface area contributed by atoms with Gasteiger partial charge in [0.2, 0.25) is 5.91 Å². The van der Waals surface area contributed by atoms with Crippen LogP contribution in [0.15, 0.2) is 36.5 Å². The number of aromatic nitrogens is 1. The Labute approximate surface area is 189 Å². The number of ether oxygens (including phenoxy) is 1. The Morgan fingerprint density at radius 3 is 2.97 bits per heavy atom. The topological polar surface area (TPSA) is 128 Å². The van der Waals surface area contributed by atoms with Crippen molar-refractivity contribution in [1.29, 1.82) is 5.26 Å². The minimum atomic E-state index is -1.12. The molecule has 1 aromatic carbocycles. The fraction of sp³-hybridized carbons (Fsp3) is 0.364. The second-order valence-electron chi connectivity index (χ2n) is 7.73. The van der Waals surface area contributed by atoms with Crippen molar-refractivity contribution in [3.8, 4) is 22.9 Å². The summed E-state index contributed by atoms with van der Waals surface area (Å²) in [7, 11) is 0. The van der Waals surface area contributed by atoms with Crippen LogP contribution < -0.4 is 15.4 Å². The molecule has 166 valence electrons. The number of carbonyl (C=O) groups is 2. The van der Waals surface area contributed by atoms with Crippen LogP contribution in [0, 0.1) is 17.2 Å². The van der Waals surface area contributed by atoms with Gasteiger partial charge in [-0.25, -0.2) is 9.78 Å². The van der Waals surface area contributed by atoms with E-state index < -0.39 is 5.97 Å². The second kappa shape index (κ2) is 9.53. The number of pyridine rings is 1. The molecular formula is C22H22ClN5O4. The number of rotatable bonds is 6. The number of carboxylic acid groups (broad SMARTS) is 1. The van der Waals surface area contributed by atoms with Gasteiger partial charge in [0.05, 0.1) is 31.2 Å². The molecule has 3 heterocycles. The van der Waals surface area contributed by atoms with E-state index in [9.17, 15) is 14.7 Å². The molecule has 0 saturated carbocycles. The number of piperidine rings is 1. The zero-order valence-corrected chi connectivity index (χ0v) is 17.9. The minimum Gasteiger partial charge on any atom is -0.491 e. The Balaban J connectivity index is 1.44. The summed E-state index contributed by atoms with van der Waals surface area (Å²) in [6.07, 6.45) is 1.91. The number of carboxylic acids is 1. The normalized spacial score (nSPS) is 22.7. The molecule has 0 aliphatic carbocycles.